The van der Waals surface area contributed by atoms with E-state index in [2.05, 4.69) is 21.6 Å². The standard InChI is InChI=1S/C16H19N3O3S/c20-15(18-16(21)17-9-13-3-1-7-22-13)11-19(12-5-6-12)10-14-4-2-8-23-14/h1-4,7-8,12H,5-6,9-11H2,(H2,17,18,20,21). The van der Waals surface area contributed by atoms with E-state index in [4.69, 9.17) is 4.42 Å². The average Bonchev–Trinajstić information content (AvgIpc) is 3.01. The molecule has 122 valence electrons. The number of amides is 3. The molecule has 1 aliphatic carbocycles. The Morgan fingerprint density at radius 1 is 1.30 bits per heavy atom. The number of carbonyl (C=O) groups excluding carboxylic acids is 2. The first-order valence-corrected chi connectivity index (χ1v) is 8.45. The monoisotopic (exact) mass is 333 g/mol. The SMILES string of the molecule is O=C(CN(Cc1cccs1)C1CC1)NC(=O)NCc1ccco1. The Morgan fingerprint density at radius 3 is 2.83 bits per heavy atom. The van der Waals surface area contributed by atoms with Crippen LogP contribution >= 0.6 is 11.3 Å². The third-order valence-corrected chi connectivity index (χ3v) is 4.47. The van der Waals surface area contributed by atoms with Gasteiger partial charge in [0.05, 0.1) is 19.4 Å². The normalized spacial score (nSPS) is 14.0. The van der Waals surface area contributed by atoms with Crippen LogP contribution in [0.1, 0.15) is 23.5 Å². The topological polar surface area (TPSA) is 74.6 Å². The van der Waals surface area contributed by atoms with Gasteiger partial charge >= 0.3 is 6.03 Å². The summed E-state index contributed by atoms with van der Waals surface area (Å²) in [6.07, 6.45) is 3.77. The number of hydrogen-bond donors (Lipinski definition) is 2. The number of urea groups is 1. The van der Waals surface area contributed by atoms with E-state index >= 15 is 0 Å². The molecule has 0 radical (unpaired) electrons. The van der Waals surface area contributed by atoms with Crippen molar-refractivity contribution in [2.45, 2.75) is 32.0 Å². The third-order valence-electron chi connectivity index (χ3n) is 3.61. The van der Waals surface area contributed by atoms with Gasteiger partial charge in [-0.25, -0.2) is 4.79 Å². The summed E-state index contributed by atoms with van der Waals surface area (Å²) in [5.74, 6) is 0.357. The zero-order chi connectivity index (χ0) is 16.1. The summed E-state index contributed by atoms with van der Waals surface area (Å²) in [6.45, 7) is 1.24. The van der Waals surface area contributed by atoms with Crippen LogP contribution in [0.15, 0.2) is 40.3 Å². The maximum absolute atomic E-state index is 12.1. The van der Waals surface area contributed by atoms with E-state index in [9.17, 15) is 9.59 Å². The lowest BCUT2D eigenvalue weighted by atomic mass is 10.3. The molecular weight excluding hydrogens is 314 g/mol. The summed E-state index contributed by atoms with van der Waals surface area (Å²) >= 11 is 1.68. The van der Waals surface area contributed by atoms with E-state index in [0.717, 1.165) is 19.4 Å². The van der Waals surface area contributed by atoms with Crippen molar-refractivity contribution in [3.63, 3.8) is 0 Å². The number of nitrogens with zero attached hydrogens (tertiary/aromatic N) is 1. The van der Waals surface area contributed by atoms with Gasteiger partial charge in [0, 0.05) is 17.5 Å². The van der Waals surface area contributed by atoms with Crippen molar-refractivity contribution in [3.05, 3.63) is 46.5 Å². The van der Waals surface area contributed by atoms with Crippen LogP contribution < -0.4 is 10.6 Å². The van der Waals surface area contributed by atoms with Crippen LogP contribution in [0, 0.1) is 0 Å². The molecule has 1 aliphatic rings. The molecule has 0 bridgehead atoms. The second kappa shape index (κ2) is 7.43. The maximum atomic E-state index is 12.1. The van der Waals surface area contributed by atoms with Gasteiger partial charge in [-0.15, -0.1) is 11.3 Å². The highest BCUT2D eigenvalue weighted by molar-refractivity contribution is 7.09. The van der Waals surface area contributed by atoms with Crippen LogP contribution in [0.3, 0.4) is 0 Å². The summed E-state index contributed by atoms with van der Waals surface area (Å²) in [7, 11) is 0. The minimum Gasteiger partial charge on any atom is -0.467 e. The predicted octanol–water partition coefficient (Wildman–Crippen LogP) is 2.33. The number of thiophene rings is 1. The van der Waals surface area contributed by atoms with Gasteiger partial charge in [0.2, 0.25) is 5.91 Å². The van der Waals surface area contributed by atoms with Gasteiger partial charge in [-0.3, -0.25) is 15.0 Å². The van der Waals surface area contributed by atoms with E-state index in [1.807, 2.05) is 11.4 Å². The van der Waals surface area contributed by atoms with E-state index in [1.165, 1.54) is 11.1 Å². The number of imide groups is 1. The van der Waals surface area contributed by atoms with Crippen LogP contribution in [-0.4, -0.2) is 29.4 Å². The fourth-order valence-corrected chi connectivity index (χ4v) is 3.06. The molecule has 0 aliphatic heterocycles. The smallest absolute Gasteiger partial charge is 0.321 e. The van der Waals surface area contributed by atoms with Gasteiger partial charge < -0.3 is 9.73 Å². The van der Waals surface area contributed by atoms with Gasteiger partial charge in [0.15, 0.2) is 0 Å². The molecule has 0 aromatic carbocycles. The van der Waals surface area contributed by atoms with Crippen molar-refractivity contribution in [1.29, 1.82) is 0 Å². The Hall–Kier alpha value is -2.12. The highest BCUT2D eigenvalue weighted by Gasteiger charge is 2.30. The van der Waals surface area contributed by atoms with Gasteiger partial charge in [-0.05, 0) is 36.4 Å². The van der Waals surface area contributed by atoms with Crippen molar-refractivity contribution in [3.8, 4) is 0 Å². The second-order valence-electron chi connectivity index (χ2n) is 5.53. The Morgan fingerprint density at radius 2 is 2.17 bits per heavy atom. The highest BCUT2D eigenvalue weighted by Crippen LogP contribution is 2.28. The molecule has 7 heteroatoms. The van der Waals surface area contributed by atoms with Crippen LogP contribution in [0.4, 0.5) is 4.79 Å². The van der Waals surface area contributed by atoms with E-state index in [0.29, 0.717) is 11.8 Å². The molecule has 23 heavy (non-hydrogen) atoms. The largest absolute Gasteiger partial charge is 0.467 e. The van der Waals surface area contributed by atoms with Crippen molar-refractivity contribution in [1.82, 2.24) is 15.5 Å². The minimum atomic E-state index is -0.502. The lowest BCUT2D eigenvalue weighted by molar-refractivity contribution is -0.121. The molecule has 1 fully saturated rings. The summed E-state index contributed by atoms with van der Waals surface area (Å²) in [6, 6.07) is 7.53. The lowest BCUT2D eigenvalue weighted by Gasteiger charge is -2.20. The van der Waals surface area contributed by atoms with Crippen LogP contribution in [0.2, 0.25) is 0 Å². The quantitative estimate of drug-likeness (QED) is 0.815. The first-order chi connectivity index (χ1) is 11.2. The number of furan rings is 1. The molecule has 0 spiro atoms. The Kier molecular flexibility index (Phi) is 5.09. The molecule has 2 aromatic heterocycles. The second-order valence-corrected chi connectivity index (χ2v) is 6.56. The first kappa shape index (κ1) is 15.8. The Balaban J connectivity index is 1.44. The molecule has 3 rings (SSSR count). The van der Waals surface area contributed by atoms with Gasteiger partial charge in [0.1, 0.15) is 5.76 Å². The summed E-state index contributed by atoms with van der Waals surface area (Å²) in [5, 5.41) is 7.00. The Labute approximate surface area is 138 Å². The molecule has 0 unspecified atom stereocenters. The summed E-state index contributed by atoms with van der Waals surface area (Å²) in [4.78, 5) is 27.1. The number of nitrogens with one attached hydrogen (secondary N) is 2. The van der Waals surface area contributed by atoms with E-state index < -0.39 is 6.03 Å². The Bertz CT molecular complexity index is 636. The van der Waals surface area contributed by atoms with E-state index in [1.54, 1.807) is 23.5 Å². The first-order valence-electron chi connectivity index (χ1n) is 7.57. The van der Waals surface area contributed by atoms with Crippen molar-refractivity contribution in [2.75, 3.05) is 6.54 Å². The van der Waals surface area contributed by atoms with Crippen molar-refractivity contribution < 1.29 is 14.0 Å². The minimum absolute atomic E-state index is 0.233. The molecule has 0 atom stereocenters. The predicted molar refractivity (Wildman–Crippen MR) is 86.8 cm³/mol. The maximum Gasteiger partial charge on any atom is 0.321 e. The fourth-order valence-electron chi connectivity index (χ4n) is 2.33. The third kappa shape index (κ3) is 4.94. The lowest BCUT2D eigenvalue weighted by Crippen LogP contribution is -2.44. The molecule has 2 heterocycles. The molecule has 6 nitrogen and oxygen atoms in total. The van der Waals surface area contributed by atoms with Crippen LogP contribution in [-0.2, 0) is 17.9 Å². The molecular formula is C16H19N3O3S. The molecule has 3 amide bonds. The number of rotatable bonds is 7. The summed E-state index contributed by atoms with van der Waals surface area (Å²) in [5.41, 5.74) is 0. The zero-order valence-electron chi connectivity index (χ0n) is 12.7. The van der Waals surface area contributed by atoms with E-state index in [-0.39, 0.29) is 19.0 Å². The van der Waals surface area contributed by atoms with Crippen molar-refractivity contribution in [2.24, 2.45) is 0 Å². The van der Waals surface area contributed by atoms with Crippen LogP contribution in [0.5, 0.6) is 0 Å². The molecule has 2 aromatic rings. The number of carbonyl (C=O) groups is 2. The number of hydrogen-bond acceptors (Lipinski definition) is 5. The average molecular weight is 333 g/mol. The highest BCUT2D eigenvalue weighted by atomic mass is 32.1. The van der Waals surface area contributed by atoms with Crippen LogP contribution in [0.25, 0.3) is 0 Å². The van der Waals surface area contributed by atoms with Gasteiger partial charge in [-0.2, -0.15) is 0 Å². The van der Waals surface area contributed by atoms with Crippen molar-refractivity contribution >= 4 is 23.3 Å². The fraction of sp³-hybridized carbons (Fsp3) is 0.375. The zero-order valence-corrected chi connectivity index (χ0v) is 13.5. The molecule has 0 saturated heterocycles. The molecule has 1 saturated carbocycles. The summed E-state index contributed by atoms with van der Waals surface area (Å²) < 4.78 is 5.12. The van der Waals surface area contributed by atoms with Gasteiger partial charge in [-0.1, -0.05) is 6.07 Å². The molecule has 2 N–H and O–H groups in total. The van der Waals surface area contributed by atoms with Gasteiger partial charge in [0.25, 0.3) is 0 Å².